The molecule has 0 fully saturated rings. The van der Waals surface area contributed by atoms with Crippen LogP contribution in [0.4, 0.5) is 5.00 Å². The maximum atomic E-state index is 12.1. The average molecular weight is 446 g/mol. The molecule has 138 valence electrons. The highest BCUT2D eigenvalue weighted by atomic mass is 79.9. The summed E-state index contributed by atoms with van der Waals surface area (Å²) in [5.41, 5.74) is 13.4. The minimum absolute atomic E-state index is 0.0819. The van der Waals surface area contributed by atoms with E-state index < -0.39 is 11.8 Å². The van der Waals surface area contributed by atoms with E-state index in [0.717, 1.165) is 46.0 Å². The number of halogens is 1. The number of fused-ring (bicyclic) bond motifs is 2. The van der Waals surface area contributed by atoms with E-state index in [1.54, 1.807) is 12.1 Å². The summed E-state index contributed by atoms with van der Waals surface area (Å²) in [6.07, 6.45) is 3.81. The number of rotatable bonds is 3. The van der Waals surface area contributed by atoms with Crippen LogP contribution in [0, 0.1) is 0 Å². The van der Waals surface area contributed by atoms with Crippen LogP contribution >= 0.6 is 27.3 Å². The van der Waals surface area contributed by atoms with Crippen LogP contribution in [0.3, 0.4) is 0 Å². The van der Waals surface area contributed by atoms with Gasteiger partial charge in [-0.1, -0.05) is 15.9 Å². The molecule has 2 amide bonds. The van der Waals surface area contributed by atoms with Crippen molar-refractivity contribution in [3.05, 3.63) is 55.9 Å². The largest absolute Gasteiger partial charge is 0.437 e. The molecule has 0 aliphatic heterocycles. The van der Waals surface area contributed by atoms with E-state index in [-0.39, 0.29) is 11.1 Å². The Morgan fingerprint density at radius 2 is 1.89 bits per heavy atom. The lowest BCUT2D eigenvalue weighted by molar-refractivity contribution is 0.0990. The molecule has 3 aromatic rings. The summed E-state index contributed by atoms with van der Waals surface area (Å²) in [5, 5.41) is 1.19. The summed E-state index contributed by atoms with van der Waals surface area (Å²) in [5.74, 6) is -1.17. The summed E-state index contributed by atoms with van der Waals surface area (Å²) in [6.45, 7) is 0. The Hall–Kier alpha value is -2.45. The molecule has 0 spiro atoms. The molecule has 1 aliphatic carbocycles. The van der Waals surface area contributed by atoms with Gasteiger partial charge in [-0.2, -0.15) is 0 Å². The van der Waals surface area contributed by atoms with Crippen molar-refractivity contribution >= 4 is 55.1 Å². The van der Waals surface area contributed by atoms with Crippen LogP contribution in [0.25, 0.3) is 11.0 Å². The summed E-state index contributed by atoms with van der Waals surface area (Å²) < 4.78 is 6.70. The van der Waals surface area contributed by atoms with Gasteiger partial charge in [0.15, 0.2) is 0 Å². The molecule has 0 unspecified atom stereocenters. The van der Waals surface area contributed by atoms with Gasteiger partial charge in [0.2, 0.25) is 5.55 Å². The van der Waals surface area contributed by atoms with Crippen LogP contribution < -0.4 is 17.0 Å². The molecular formula is C19H16BrN3O3S. The maximum Gasteiger partial charge on any atom is 0.254 e. The quantitative estimate of drug-likeness (QED) is 0.642. The number of thiophene rings is 1. The lowest BCUT2D eigenvalue weighted by Crippen LogP contribution is -2.22. The van der Waals surface area contributed by atoms with Crippen LogP contribution in [0.2, 0.25) is 0 Å². The number of benzene rings is 1. The summed E-state index contributed by atoms with van der Waals surface area (Å²) in [6, 6.07) is 7.08. The van der Waals surface area contributed by atoms with Crippen molar-refractivity contribution in [3.8, 4) is 0 Å². The van der Waals surface area contributed by atoms with Gasteiger partial charge in [0.05, 0.1) is 5.56 Å². The first-order valence-electron chi connectivity index (χ1n) is 8.46. The molecule has 1 aromatic carbocycles. The average Bonchev–Trinajstić information content (AvgIpc) is 2.99. The topological polar surface area (TPSA) is 112 Å². The Bertz CT molecular complexity index is 1160. The Kier molecular flexibility index (Phi) is 4.61. The van der Waals surface area contributed by atoms with Crippen LogP contribution in [-0.4, -0.2) is 11.8 Å². The van der Waals surface area contributed by atoms with Crippen molar-refractivity contribution < 1.29 is 14.0 Å². The predicted octanol–water partition coefficient (Wildman–Crippen LogP) is 3.57. The number of carbonyl (C=O) groups is 2. The molecule has 0 bridgehead atoms. The molecule has 8 heteroatoms. The van der Waals surface area contributed by atoms with E-state index in [1.807, 2.05) is 12.1 Å². The number of carbonyl (C=O) groups excluding carboxylic acids is 2. The van der Waals surface area contributed by atoms with Crippen LogP contribution in [0.15, 0.2) is 38.1 Å². The summed E-state index contributed by atoms with van der Waals surface area (Å²) >= 11 is 4.82. The minimum atomic E-state index is -0.652. The second-order valence-electron chi connectivity index (χ2n) is 6.38. The second-order valence-corrected chi connectivity index (χ2v) is 8.38. The van der Waals surface area contributed by atoms with Crippen molar-refractivity contribution in [2.75, 3.05) is 0 Å². The van der Waals surface area contributed by atoms with Gasteiger partial charge < -0.3 is 15.9 Å². The molecule has 0 radical (unpaired) electrons. The van der Waals surface area contributed by atoms with Gasteiger partial charge in [0.25, 0.3) is 11.8 Å². The molecular weight excluding hydrogens is 430 g/mol. The highest BCUT2D eigenvalue weighted by Gasteiger charge is 2.24. The number of hydrogen-bond donors (Lipinski definition) is 2. The number of nitrogens with zero attached hydrogens (tertiary/aromatic N) is 1. The molecule has 0 saturated carbocycles. The van der Waals surface area contributed by atoms with Gasteiger partial charge in [0.1, 0.15) is 16.1 Å². The summed E-state index contributed by atoms with van der Waals surface area (Å²) in [7, 11) is 0. The molecule has 2 aromatic heterocycles. The second kappa shape index (κ2) is 6.94. The fourth-order valence-electron chi connectivity index (χ4n) is 3.34. The number of aryl methyl sites for hydroxylation is 1. The van der Waals surface area contributed by atoms with Gasteiger partial charge in [0, 0.05) is 14.7 Å². The molecule has 1 aliphatic rings. The smallest absolute Gasteiger partial charge is 0.254 e. The monoisotopic (exact) mass is 445 g/mol. The molecule has 0 atom stereocenters. The highest BCUT2D eigenvalue weighted by Crippen LogP contribution is 2.39. The van der Waals surface area contributed by atoms with Gasteiger partial charge in [-0.15, -0.1) is 11.3 Å². The van der Waals surface area contributed by atoms with E-state index in [9.17, 15) is 9.59 Å². The fraction of sp³-hybridized carbons (Fsp3) is 0.211. The van der Waals surface area contributed by atoms with E-state index in [0.29, 0.717) is 16.1 Å². The number of primary amides is 2. The molecule has 27 heavy (non-hydrogen) atoms. The first-order chi connectivity index (χ1) is 12.9. The van der Waals surface area contributed by atoms with E-state index in [4.69, 9.17) is 15.9 Å². The van der Waals surface area contributed by atoms with E-state index >= 15 is 0 Å². The number of amides is 2. The third kappa shape index (κ3) is 3.30. The van der Waals surface area contributed by atoms with Crippen LogP contribution in [0.5, 0.6) is 0 Å². The first-order valence-corrected chi connectivity index (χ1v) is 10.1. The zero-order chi connectivity index (χ0) is 19.1. The molecule has 4 rings (SSSR count). The van der Waals surface area contributed by atoms with Crippen molar-refractivity contribution in [2.45, 2.75) is 25.7 Å². The molecule has 0 saturated heterocycles. The SMILES string of the molecule is NC(=O)c1c(N=c2oc3ccc(Br)cc3cc2C(N)=O)sc2c1CCCC2. The van der Waals surface area contributed by atoms with Gasteiger partial charge in [-0.3, -0.25) is 9.59 Å². The summed E-state index contributed by atoms with van der Waals surface area (Å²) in [4.78, 5) is 29.6. The van der Waals surface area contributed by atoms with Gasteiger partial charge >= 0.3 is 0 Å². The zero-order valence-electron chi connectivity index (χ0n) is 14.3. The highest BCUT2D eigenvalue weighted by molar-refractivity contribution is 9.10. The first kappa shape index (κ1) is 17.9. The molecule has 6 nitrogen and oxygen atoms in total. The predicted molar refractivity (Wildman–Crippen MR) is 107 cm³/mol. The minimum Gasteiger partial charge on any atom is -0.437 e. The number of nitrogens with two attached hydrogens (primary N) is 2. The normalized spacial score (nSPS) is 14.3. The zero-order valence-corrected chi connectivity index (χ0v) is 16.7. The Balaban J connectivity index is 1.99. The van der Waals surface area contributed by atoms with Gasteiger partial charge in [-0.25, -0.2) is 4.99 Å². The Labute approximate surface area is 167 Å². The third-order valence-electron chi connectivity index (χ3n) is 4.58. The molecule has 2 heterocycles. The fourth-order valence-corrected chi connectivity index (χ4v) is 4.98. The Morgan fingerprint density at radius 3 is 2.63 bits per heavy atom. The molecule has 4 N–H and O–H groups in total. The third-order valence-corrected chi connectivity index (χ3v) is 6.26. The number of hydrogen-bond acceptors (Lipinski definition) is 5. The van der Waals surface area contributed by atoms with Crippen molar-refractivity contribution in [1.29, 1.82) is 0 Å². The van der Waals surface area contributed by atoms with E-state index in [1.165, 1.54) is 11.3 Å². The standard InChI is InChI=1S/C19H16BrN3O3S/c20-10-5-6-13-9(7-10)8-12(16(21)24)18(26-13)23-19-15(17(22)25)11-3-1-2-4-14(11)27-19/h5-8H,1-4H2,(H2,21,24)(H2,22,25). The van der Waals surface area contributed by atoms with Crippen molar-refractivity contribution in [3.63, 3.8) is 0 Å². The van der Waals surface area contributed by atoms with Crippen LogP contribution in [0.1, 0.15) is 44.0 Å². The van der Waals surface area contributed by atoms with Crippen LogP contribution in [-0.2, 0) is 12.8 Å². The maximum absolute atomic E-state index is 12.1. The lowest BCUT2D eigenvalue weighted by Gasteiger charge is -2.10. The van der Waals surface area contributed by atoms with Crippen molar-refractivity contribution in [1.82, 2.24) is 0 Å². The van der Waals surface area contributed by atoms with Gasteiger partial charge in [-0.05, 0) is 55.5 Å². The Morgan fingerprint density at radius 1 is 1.11 bits per heavy atom. The van der Waals surface area contributed by atoms with Crippen molar-refractivity contribution in [2.24, 2.45) is 16.5 Å². The van der Waals surface area contributed by atoms with E-state index in [2.05, 4.69) is 20.9 Å². The lowest BCUT2D eigenvalue weighted by atomic mass is 9.95.